The smallest absolute Gasteiger partial charge is 0.356 e. The highest BCUT2D eigenvalue weighted by Gasteiger charge is 2.20. The number of hydrogen-bond acceptors (Lipinski definition) is 4. The lowest BCUT2D eigenvalue weighted by Gasteiger charge is -2.04. The van der Waals surface area contributed by atoms with Gasteiger partial charge in [0, 0.05) is 12.6 Å². The predicted molar refractivity (Wildman–Crippen MR) is 67.9 cm³/mol. The van der Waals surface area contributed by atoms with Crippen molar-refractivity contribution in [3.63, 3.8) is 0 Å². The van der Waals surface area contributed by atoms with E-state index in [0.717, 1.165) is 11.1 Å². The molecule has 0 bridgehead atoms. The number of aryl methyl sites for hydroxylation is 1. The number of carboxylic acids is 1. The molecule has 0 aliphatic rings. The number of oxazole rings is 1. The molecule has 0 aliphatic heterocycles. The van der Waals surface area contributed by atoms with Gasteiger partial charge in [-0.15, -0.1) is 0 Å². The molecule has 3 rings (SSSR count). The van der Waals surface area contributed by atoms with E-state index in [2.05, 4.69) is 9.97 Å². The van der Waals surface area contributed by atoms with Crippen molar-refractivity contribution in [2.24, 2.45) is 7.05 Å². The summed E-state index contributed by atoms with van der Waals surface area (Å²) < 4.78 is 6.99. The van der Waals surface area contributed by atoms with Crippen molar-refractivity contribution in [2.75, 3.05) is 0 Å². The molecule has 0 saturated heterocycles. The highest BCUT2D eigenvalue weighted by molar-refractivity contribution is 5.94. The number of hydrogen-bond donors (Lipinski definition) is 1. The normalized spacial score (nSPS) is 11.1. The van der Waals surface area contributed by atoms with Gasteiger partial charge in [-0.25, -0.2) is 14.8 Å². The molecule has 2 heterocycles. The molecule has 3 aromatic rings. The molecule has 0 unspecified atom stereocenters. The molecule has 0 aliphatic carbocycles. The summed E-state index contributed by atoms with van der Waals surface area (Å²) in [4.78, 5) is 19.4. The molecule has 0 atom stereocenters. The summed E-state index contributed by atoms with van der Waals surface area (Å²) in [5.41, 5.74) is 2.69. The molecule has 0 amide bonds. The zero-order valence-corrected chi connectivity index (χ0v) is 10.4. The Morgan fingerprint density at radius 2 is 2.21 bits per heavy atom. The molecule has 0 radical (unpaired) electrons. The van der Waals surface area contributed by atoms with Crippen molar-refractivity contribution in [3.8, 4) is 11.3 Å². The summed E-state index contributed by atoms with van der Waals surface area (Å²) >= 11 is 0. The number of carboxylic acid groups (broad SMARTS) is 1. The lowest BCUT2D eigenvalue weighted by atomic mass is 10.1. The summed E-state index contributed by atoms with van der Waals surface area (Å²) in [5, 5.41) is 9.23. The van der Waals surface area contributed by atoms with Gasteiger partial charge >= 0.3 is 5.97 Å². The lowest BCUT2D eigenvalue weighted by Crippen LogP contribution is -2.01. The van der Waals surface area contributed by atoms with Gasteiger partial charge < -0.3 is 14.1 Å². The molecule has 1 N–H and O–H groups in total. The summed E-state index contributed by atoms with van der Waals surface area (Å²) in [6, 6.07) is 5.38. The number of carbonyl (C=O) groups is 1. The summed E-state index contributed by atoms with van der Waals surface area (Å²) in [6.07, 6.45) is 1.36. The van der Waals surface area contributed by atoms with Gasteiger partial charge in [0.1, 0.15) is 11.3 Å². The number of fused-ring (bicyclic) bond motifs is 1. The first-order valence-electron chi connectivity index (χ1n) is 5.68. The van der Waals surface area contributed by atoms with Crippen LogP contribution in [-0.4, -0.2) is 25.6 Å². The van der Waals surface area contributed by atoms with Crippen LogP contribution < -0.4 is 0 Å². The number of aromatic nitrogens is 3. The average Bonchev–Trinajstić information content (AvgIpc) is 2.94. The number of nitrogens with zero attached hydrogens (tertiary/aromatic N) is 3. The van der Waals surface area contributed by atoms with Gasteiger partial charge in [-0.05, 0) is 19.1 Å². The Hall–Kier alpha value is -2.63. The van der Waals surface area contributed by atoms with Crippen LogP contribution in [0.2, 0.25) is 0 Å². The van der Waals surface area contributed by atoms with Crippen molar-refractivity contribution in [2.45, 2.75) is 6.92 Å². The highest BCUT2D eigenvalue weighted by Crippen LogP contribution is 2.27. The minimum atomic E-state index is -1.05. The van der Waals surface area contributed by atoms with Gasteiger partial charge in [-0.1, -0.05) is 6.07 Å². The Balaban J connectivity index is 2.28. The highest BCUT2D eigenvalue weighted by atomic mass is 16.4. The molecule has 0 saturated carbocycles. The summed E-state index contributed by atoms with van der Waals surface area (Å²) in [5.74, 6) is -0.401. The van der Waals surface area contributed by atoms with Crippen LogP contribution in [0.3, 0.4) is 0 Å². The summed E-state index contributed by atoms with van der Waals surface area (Å²) in [6.45, 7) is 1.77. The van der Waals surface area contributed by atoms with Crippen molar-refractivity contribution < 1.29 is 14.3 Å². The van der Waals surface area contributed by atoms with E-state index < -0.39 is 5.97 Å². The fourth-order valence-corrected chi connectivity index (χ4v) is 2.09. The second kappa shape index (κ2) is 3.94. The maximum Gasteiger partial charge on any atom is 0.356 e. The Bertz CT molecular complexity index is 786. The largest absolute Gasteiger partial charge is 0.476 e. The van der Waals surface area contributed by atoms with E-state index in [0.29, 0.717) is 17.1 Å². The van der Waals surface area contributed by atoms with Crippen molar-refractivity contribution >= 4 is 17.1 Å². The molecule has 6 nitrogen and oxygen atoms in total. The first-order valence-corrected chi connectivity index (χ1v) is 5.68. The molecule has 2 aromatic heterocycles. The molecule has 1 aromatic carbocycles. The van der Waals surface area contributed by atoms with Crippen LogP contribution in [0.1, 0.15) is 16.3 Å². The quantitative estimate of drug-likeness (QED) is 0.761. The van der Waals surface area contributed by atoms with E-state index in [1.807, 2.05) is 6.07 Å². The average molecular weight is 257 g/mol. The van der Waals surface area contributed by atoms with Crippen LogP contribution in [0, 0.1) is 6.92 Å². The van der Waals surface area contributed by atoms with Crippen molar-refractivity contribution in [3.05, 3.63) is 36.1 Å². The first-order chi connectivity index (χ1) is 9.08. The second-order valence-corrected chi connectivity index (χ2v) is 4.26. The maximum absolute atomic E-state index is 11.3. The van der Waals surface area contributed by atoms with E-state index in [1.165, 1.54) is 6.39 Å². The van der Waals surface area contributed by atoms with Crippen molar-refractivity contribution in [1.29, 1.82) is 0 Å². The Morgan fingerprint density at radius 1 is 1.42 bits per heavy atom. The first kappa shape index (κ1) is 11.5. The minimum Gasteiger partial charge on any atom is -0.476 e. The molecule has 6 heteroatoms. The van der Waals surface area contributed by atoms with Gasteiger partial charge in [-0.3, -0.25) is 0 Å². The van der Waals surface area contributed by atoms with Crippen LogP contribution in [0.5, 0.6) is 0 Å². The fraction of sp³-hybridized carbons (Fsp3) is 0.154. The number of benzene rings is 1. The fourth-order valence-electron chi connectivity index (χ4n) is 2.09. The third-order valence-corrected chi connectivity index (χ3v) is 3.13. The number of aromatic carboxylic acids is 1. The molecular weight excluding hydrogens is 246 g/mol. The van der Waals surface area contributed by atoms with Crippen molar-refractivity contribution in [1.82, 2.24) is 14.5 Å². The Morgan fingerprint density at radius 3 is 2.95 bits per heavy atom. The molecule has 19 heavy (non-hydrogen) atoms. The maximum atomic E-state index is 11.3. The number of rotatable bonds is 2. The molecule has 96 valence electrons. The molecule has 0 fully saturated rings. The zero-order valence-electron chi connectivity index (χ0n) is 10.4. The van der Waals surface area contributed by atoms with E-state index in [-0.39, 0.29) is 5.69 Å². The molecular formula is C13H11N3O3. The zero-order chi connectivity index (χ0) is 13.6. The monoisotopic (exact) mass is 257 g/mol. The van der Waals surface area contributed by atoms with E-state index in [1.54, 1.807) is 30.7 Å². The summed E-state index contributed by atoms with van der Waals surface area (Å²) in [7, 11) is 1.79. The van der Waals surface area contributed by atoms with Gasteiger partial charge in [0.25, 0.3) is 0 Å². The van der Waals surface area contributed by atoms with Gasteiger partial charge in [-0.2, -0.15) is 0 Å². The Kier molecular flexibility index (Phi) is 2.38. The Labute approximate surface area is 108 Å². The lowest BCUT2D eigenvalue weighted by molar-refractivity contribution is 0.0692. The predicted octanol–water partition coefficient (Wildman–Crippen LogP) is 2.23. The van der Waals surface area contributed by atoms with Crippen LogP contribution in [-0.2, 0) is 7.05 Å². The van der Waals surface area contributed by atoms with E-state index in [9.17, 15) is 9.90 Å². The third kappa shape index (κ3) is 1.69. The molecule has 0 spiro atoms. The third-order valence-electron chi connectivity index (χ3n) is 3.13. The standard InChI is InChI=1S/C13H11N3O3/c1-7-15-11(13(17)18)12(16(7)2)8-3-4-9-10(5-8)19-6-14-9/h3-6H,1-2H3,(H,17,18). The van der Waals surface area contributed by atoms with Crippen LogP contribution >= 0.6 is 0 Å². The van der Waals surface area contributed by atoms with Gasteiger partial charge in [0.15, 0.2) is 17.7 Å². The topological polar surface area (TPSA) is 81.2 Å². The minimum absolute atomic E-state index is 0.0406. The van der Waals surface area contributed by atoms with Gasteiger partial charge in [0.2, 0.25) is 0 Å². The van der Waals surface area contributed by atoms with Crippen LogP contribution in [0.15, 0.2) is 29.0 Å². The van der Waals surface area contributed by atoms with Crippen LogP contribution in [0.25, 0.3) is 22.4 Å². The van der Waals surface area contributed by atoms with E-state index in [4.69, 9.17) is 4.42 Å². The van der Waals surface area contributed by atoms with Gasteiger partial charge in [0.05, 0.1) is 5.69 Å². The van der Waals surface area contributed by atoms with E-state index >= 15 is 0 Å². The SMILES string of the molecule is Cc1nc(C(=O)O)c(-c2ccc3ncoc3c2)n1C. The van der Waals surface area contributed by atoms with Crippen LogP contribution in [0.4, 0.5) is 0 Å². The second-order valence-electron chi connectivity index (χ2n) is 4.26. The number of imidazole rings is 1.